The van der Waals surface area contributed by atoms with Crippen molar-refractivity contribution in [3.05, 3.63) is 59.2 Å². The predicted octanol–water partition coefficient (Wildman–Crippen LogP) is 3.06. The Labute approximate surface area is 115 Å². The van der Waals surface area contributed by atoms with Gasteiger partial charge < -0.3 is 14.6 Å². The summed E-state index contributed by atoms with van der Waals surface area (Å²) >= 11 is 0. The van der Waals surface area contributed by atoms with E-state index in [0.29, 0.717) is 17.1 Å². The van der Waals surface area contributed by atoms with Crippen molar-refractivity contribution in [2.24, 2.45) is 0 Å². The van der Waals surface area contributed by atoms with Gasteiger partial charge in [0.05, 0.1) is 14.2 Å². The number of methoxy groups -OCH3 is 2. The van der Waals surface area contributed by atoms with Gasteiger partial charge in [0.25, 0.3) is 0 Å². The smallest absolute Gasteiger partial charge is 0.129 e. The Morgan fingerprint density at radius 3 is 2.35 bits per heavy atom. The van der Waals surface area contributed by atoms with Crippen LogP contribution < -0.4 is 9.47 Å². The van der Waals surface area contributed by atoms with Crippen molar-refractivity contribution in [2.75, 3.05) is 14.2 Å². The van der Waals surface area contributed by atoms with Gasteiger partial charge in [0.1, 0.15) is 29.2 Å². The van der Waals surface area contributed by atoms with Crippen molar-refractivity contribution in [2.45, 2.75) is 6.10 Å². The zero-order valence-electron chi connectivity index (χ0n) is 11.1. The molecule has 5 heteroatoms. The number of aliphatic hydroxyl groups is 1. The van der Waals surface area contributed by atoms with Crippen LogP contribution in [0.25, 0.3) is 0 Å². The van der Waals surface area contributed by atoms with Crippen LogP contribution in [0.4, 0.5) is 8.78 Å². The third-order valence-electron chi connectivity index (χ3n) is 2.99. The molecule has 0 bridgehead atoms. The van der Waals surface area contributed by atoms with Crippen LogP contribution in [0, 0.1) is 11.6 Å². The van der Waals surface area contributed by atoms with E-state index in [1.807, 2.05) is 0 Å². The van der Waals surface area contributed by atoms with Crippen LogP contribution in [0.5, 0.6) is 11.5 Å². The van der Waals surface area contributed by atoms with Gasteiger partial charge in [-0.15, -0.1) is 0 Å². The standard InChI is InChI=1S/C15H14F2O3/c1-19-10-4-5-11(14(8-10)20-2)15(18)12-7-9(16)3-6-13(12)17/h3-8,15,18H,1-2H3. The number of hydrogen-bond acceptors (Lipinski definition) is 3. The van der Waals surface area contributed by atoms with Gasteiger partial charge >= 0.3 is 0 Å². The van der Waals surface area contributed by atoms with E-state index in [-0.39, 0.29) is 5.56 Å². The Balaban J connectivity index is 2.47. The average Bonchev–Trinajstić information content (AvgIpc) is 2.48. The first-order valence-corrected chi connectivity index (χ1v) is 5.91. The fraction of sp³-hybridized carbons (Fsp3) is 0.200. The fourth-order valence-electron chi connectivity index (χ4n) is 1.94. The molecule has 0 aliphatic rings. The first-order valence-electron chi connectivity index (χ1n) is 5.91. The predicted molar refractivity (Wildman–Crippen MR) is 70.0 cm³/mol. The second kappa shape index (κ2) is 5.88. The normalized spacial score (nSPS) is 12.1. The summed E-state index contributed by atoms with van der Waals surface area (Å²) in [6.07, 6.45) is -1.33. The highest BCUT2D eigenvalue weighted by molar-refractivity contribution is 5.45. The molecule has 3 nitrogen and oxygen atoms in total. The molecule has 20 heavy (non-hydrogen) atoms. The maximum absolute atomic E-state index is 13.7. The largest absolute Gasteiger partial charge is 0.497 e. The Bertz CT molecular complexity index is 614. The van der Waals surface area contributed by atoms with E-state index >= 15 is 0 Å². The van der Waals surface area contributed by atoms with Gasteiger partial charge in [0.15, 0.2) is 0 Å². The molecule has 0 aromatic heterocycles. The number of hydrogen-bond donors (Lipinski definition) is 1. The number of rotatable bonds is 4. The lowest BCUT2D eigenvalue weighted by molar-refractivity contribution is 0.209. The molecule has 0 amide bonds. The van der Waals surface area contributed by atoms with Crippen LogP contribution in [0.1, 0.15) is 17.2 Å². The SMILES string of the molecule is COc1ccc(C(O)c2cc(F)ccc2F)c(OC)c1. The van der Waals surface area contributed by atoms with Gasteiger partial charge in [-0.1, -0.05) is 0 Å². The zero-order chi connectivity index (χ0) is 14.7. The number of benzene rings is 2. The van der Waals surface area contributed by atoms with Crippen LogP contribution in [0.3, 0.4) is 0 Å². The van der Waals surface area contributed by atoms with E-state index in [0.717, 1.165) is 18.2 Å². The van der Waals surface area contributed by atoms with Crippen LogP contribution >= 0.6 is 0 Å². The van der Waals surface area contributed by atoms with E-state index in [2.05, 4.69) is 0 Å². The van der Waals surface area contributed by atoms with Crippen molar-refractivity contribution in [3.63, 3.8) is 0 Å². The summed E-state index contributed by atoms with van der Waals surface area (Å²) in [5, 5.41) is 10.2. The summed E-state index contributed by atoms with van der Waals surface area (Å²) in [5.74, 6) is -0.428. The summed E-state index contributed by atoms with van der Waals surface area (Å²) in [6.45, 7) is 0. The summed E-state index contributed by atoms with van der Waals surface area (Å²) in [6, 6.07) is 7.66. The molecule has 1 unspecified atom stereocenters. The minimum absolute atomic E-state index is 0.145. The molecular formula is C15H14F2O3. The Hall–Kier alpha value is -2.14. The molecule has 0 aliphatic heterocycles. The molecule has 2 rings (SSSR count). The lowest BCUT2D eigenvalue weighted by atomic mass is 10.00. The van der Waals surface area contributed by atoms with Gasteiger partial charge in [0, 0.05) is 17.2 Å². The molecular weight excluding hydrogens is 266 g/mol. The molecule has 2 aromatic carbocycles. The Morgan fingerprint density at radius 2 is 1.70 bits per heavy atom. The molecule has 0 saturated heterocycles. The van der Waals surface area contributed by atoms with E-state index < -0.39 is 17.7 Å². The van der Waals surface area contributed by atoms with Crippen LogP contribution in [0.15, 0.2) is 36.4 Å². The molecule has 0 fully saturated rings. The lowest BCUT2D eigenvalue weighted by Crippen LogP contribution is -2.05. The molecule has 0 saturated carbocycles. The second-order valence-corrected chi connectivity index (χ2v) is 4.18. The summed E-state index contributed by atoms with van der Waals surface area (Å²) in [7, 11) is 2.92. The highest BCUT2D eigenvalue weighted by Gasteiger charge is 2.20. The summed E-state index contributed by atoms with van der Waals surface area (Å²) < 4.78 is 37.1. The molecule has 1 N–H and O–H groups in total. The first kappa shape index (κ1) is 14.3. The Morgan fingerprint density at radius 1 is 0.950 bits per heavy atom. The molecule has 2 aromatic rings. The van der Waals surface area contributed by atoms with Crippen LogP contribution in [-0.2, 0) is 0 Å². The molecule has 1 atom stereocenters. The van der Waals surface area contributed by atoms with Gasteiger partial charge in [-0.25, -0.2) is 8.78 Å². The van der Waals surface area contributed by atoms with E-state index in [4.69, 9.17) is 9.47 Å². The first-order chi connectivity index (χ1) is 9.56. The minimum atomic E-state index is -1.33. The molecule has 0 heterocycles. The van der Waals surface area contributed by atoms with E-state index in [9.17, 15) is 13.9 Å². The van der Waals surface area contributed by atoms with E-state index in [1.54, 1.807) is 18.2 Å². The zero-order valence-corrected chi connectivity index (χ0v) is 11.1. The highest BCUT2D eigenvalue weighted by Crippen LogP contribution is 2.34. The maximum Gasteiger partial charge on any atom is 0.129 e. The van der Waals surface area contributed by atoms with E-state index in [1.165, 1.54) is 14.2 Å². The minimum Gasteiger partial charge on any atom is -0.497 e. The molecule has 0 spiro atoms. The molecule has 0 radical (unpaired) electrons. The van der Waals surface area contributed by atoms with Crippen molar-refractivity contribution >= 4 is 0 Å². The third-order valence-corrected chi connectivity index (χ3v) is 2.99. The van der Waals surface area contributed by atoms with Gasteiger partial charge in [-0.3, -0.25) is 0 Å². The van der Waals surface area contributed by atoms with Gasteiger partial charge in [-0.05, 0) is 30.3 Å². The van der Waals surface area contributed by atoms with Crippen LogP contribution in [-0.4, -0.2) is 19.3 Å². The molecule has 0 aliphatic carbocycles. The quantitative estimate of drug-likeness (QED) is 0.935. The topological polar surface area (TPSA) is 38.7 Å². The van der Waals surface area contributed by atoms with Gasteiger partial charge in [-0.2, -0.15) is 0 Å². The number of halogens is 2. The second-order valence-electron chi connectivity index (χ2n) is 4.18. The highest BCUT2D eigenvalue weighted by atomic mass is 19.1. The number of aliphatic hydroxyl groups excluding tert-OH is 1. The van der Waals surface area contributed by atoms with Crippen molar-refractivity contribution in [3.8, 4) is 11.5 Å². The monoisotopic (exact) mass is 280 g/mol. The fourth-order valence-corrected chi connectivity index (χ4v) is 1.94. The summed E-state index contributed by atoms with van der Waals surface area (Å²) in [5.41, 5.74) is 0.186. The Kier molecular flexibility index (Phi) is 4.20. The molecule has 106 valence electrons. The van der Waals surface area contributed by atoms with Crippen molar-refractivity contribution in [1.29, 1.82) is 0 Å². The van der Waals surface area contributed by atoms with Crippen LogP contribution in [0.2, 0.25) is 0 Å². The average molecular weight is 280 g/mol. The maximum atomic E-state index is 13.7. The summed E-state index contributed by atoms with van der Waals surface area (Å²) in [4.78, 5) is 0. The third kappa shape index (κ3) is 2.72. The van der Waals surface area contributed by atoms with Crippen molar-refractivity contribution in [1.82, 2.24) is 0 Å². The lowest BCUT2D eigenvalue weighted by Gasteiger charge is -2.16. The van der Waals surface area contributed by atoms with Gasteiger partial charge in [0.2, 0.25) is 0 Å². The number of ether oxygens (including phenoxy) is 2. The van der Waals surface area contributed by atoms with Crippen molar-refractivity contribution < 1.29 is 23.4 Å².